The minimum Gasteiger partial charge on any atom is -0.353 e. The van der Waals surface area contributed by atoms with Crippen molar-refractivity contribution in [3.8, 4) is 33.9 Å². The lowest BCUT2D eigenvalue weighted by molar-refractivity contribution is 0.489. The van der Waals surface area contributed by atoms with Gasteiger partial charge in [-0.25, -0.2) is 4.98 Å². The molecule has 6 heterocycles. The van der Waals surface area contributed by atoms with Gasteiger partial charge in [0.15, 0.2) is 0 Å². The van der Waals surface area contributed by atoms with Crippen LogP contribution in [0.15, 0.2) is 65.7 Å². The predicted molar refractivity (Wildman–Crippen MR) is 149 cm³/mol. The summed E-state index contributed by atoms with van der Waals surface area (Å²) in [6, 6.07) is 12.5. The summed E-state index contributed by atoms with van der Waals surface area (Å²) in [5.41, 5.74) is 9.64. The zero-order valence-corrected chi connectivity index (χ0v) is 21.2. The molecule has 0 spiro atoms. The van der Waals surface area contributed by atoms with Crippen molar-refractivity contribution in [3.63, 3.8) is 0 Å². The van der Waals surface area contributed by atoms with E-state index in [-0.39, 0.29) is 0 Å². The minimum absolute atomic E-state index is 0.798. The second-order valence-corrected chi connectivity index (χ2v) is 10.6. The average molecular weight is 506 g/mol. The Hall–Kier alpha value is -3.88. The largest absolute Gasteiger partial charge is 0.353 e. The Morgan fingerprint density at radius 3 is 2.81 bits per heavy atom. The monoisotopic (exact) mass is 505 g/mol. The van der Waals surface area contributed by atoms with Crippen LogP contribution in [0.4, 0.5) is 0 Å². The highest BCUT2D eigenvalue weighted by atomic mass is 32.1. The smallest absolute Gasteiger partial charge is 0.135 e. The second kappa shape index (κ2) is 9.53. The van der Waals surface area contributed by atoms with Crippen LogP contribution in [0, 0.1) is 5.92 Å². The first-order chi connectivity index (χ1) is 18.3. The van der Waals surface area contributed by atoms with Crippen LogP contribution in [0.2, 0.25) is 0 Å². The number of rotatable bonds is 7. The Balaban J connectivity index is 1.20. The highest BCUT2D eigenvalue weighted by Crippen LogP contribution is 2.33. The number of nitrogens with zero attached hydrogens (tertiary/aromatic N) is 4. The summed E-state index contributed by atoms with van der Waals surface area (Å²) in [6.45, 7) is 1.91. The minimum atomic E-state index is 0.798. The van der Waals surface area contributed by atoms with Gasteiger partial charge in [0.05, 0.1) is 22.6 Å². The second-order valence-electron chi connectivity index (χ2n) is 9.84. The van der Waals surface area contributed by atoms with Gasteiger partial charge in [-0.05, 0) is 72.6 Å². The Morgan fingerprint density at radius 1 is 0.973 bits per heavy atom. The van der Waals surface area contributed by atoms with Gasteiger partial charge in [0, 0.05) is 52.5 Å². The topological polar surface area (TPSA) is 95.2 Å². The van der Waals surface area contributed by atoms with Gasteiger partial charge in [0.25, 0.3) is 0 Å². The fourth-order valence-electron chi connectivity index (χ4n) is 5.42. The first kappa shape index (κ1) is 22.3. The van der Waals surface area contributed by atoms with E-state index in [1.165, 1.54) is 31.2 Å². The molecule has 0 bridgehead atoms. The quantitative estimate of drug-likeness (QED) is 0.228. The summed E-state index contributed by atoms with van der Waals surface area (Å²) in [4.78, 5) is 17.7. The Labute approximate surface area is 218 Å². The molecule has 184 valence electrons. The molecular weight excluding hydrogens is 478 g/mol. The summed E-state index contributed by atoms with van der Waals surface area (Å²) >= 11 is 1.67. The molecule has 37 heavy (non-hydrogen) atoms. The van der Waals surface area contributed by atoms with Gasteiger partial charge in [-0.2, -0.15) is 16.4 Å². The first-order valence-electron chi connectivity index (χ1n) is 12.8. The van der Waals surface area contributed by atoms with E-state index in [1.807, 2.05) is 36.8 Å². The molecule has 1 aliphatic rings. The van der Waals surface area contributed by atoms with Gasteiger partial charge in [-0.15, -0.1) is 0 Å². The number of hydrogen-bond donors (Lipinski definition) is 3. The number of pyridine rings is 3. The summed E-state index contributed by atoms with van der Waals surface area (Å²) in [7, 11) is 0. The van der Waals surface area contributed by atoms with Crippen molar-refractivity contribution in [1.82, 2.24) is 35.5 Å². The van der Waals surface area contributed by atoms with Gasteiger partial charge in [0.1, 0.15) is 11.2 Å². The van der Waals surface area contributed by atoms with Crippen LogP contribution in [-0.2, 0) is 6.54 Å². The molecule has 7 nitrogen and oxygen atoms in total. The van der Waals surface area contributed by atoms with Crippen molar-refractivity contribution < 1.29 is 0 Å². The maximum atomic E-state index is 5.02. The third kappa shape index (κ3) is 4.32. The normalized spacial score (nSPS) is 14.3. The van der Waals surface area contributed by atoms with E-state index in [2.05, 4.69) is 59.4 Å². The van der Waals surface area contributed by atoms with Crippen molar-refractivity contribution >= 4 is 33.3 Å². The Morgan fingerprint density at radius 2 is 1.92 bits per heavy atom. The average Bonchev–Trinajstić information content (AvgIpc) is 3.74. The van der Waals surface area contributed by atoms with Crippen LogP contribution in [0.3, 0.4) is 0 Å². The fraction of sp³-hybridized carbons (Fsp3) is 0.241. The molecule has 3 N–H and O–H groups in total. The van der Waals surface area contributed by atoms with Gasteiger partial charge < -0.3 is 10.3 Å². The summed E-state index contributed by atoms with van der Waals surface area (Å²) in [6.07, 6.45) is 11.1. The van der Waals surface area contributed by atoms with Crippen molar-refractivity contribution in [2.75, 3.05) is 6.54 Å². The number of fused-ring (bicyclic) bond motifs is 2. The van der Waals surface area contributed by atoms with Crippen molar-refractivity contribution in [2.24, 2.45) is 5.92 Å². The lowest BCUT2D eigenvalue weighted by Crippen LogP contribution is -2.20. The molecule has 0 saturated heterocycles. The third-order valence-electron chi connectivity index (χ3n) is 7.33. The zero-order chi connectivity index (χ0) is 24.6. The number of nitrogens with one attached hydrogen (secondary N) is 3. The van der Waals surface area contributed by atoms with E-state index in [0.717, 1.165) is 74.8 Å². The van der Waals surface area contributed by atoms with E-state index in [0.29, 0.717) is 0 Å². The maximum absolute atomic E-state index is 5.02. The van der Waals surface area contributed by atoms with Crippen molar-refractivity contribution in [1.29, 1.82) is 0 Å². The molecule has 0 atom stereocenters. The molecule has 1 aliphatic carbocycles. The summed E-state index contributed by atoms with van der Waals surface area (Å²) in [5, 5.41) is 16.7. The van der Waals surface area contributed by atoms with Gasteiger partial charge >= 0.3 is 0 Å². The van der Waals surface area contributed by atoms with Gasteiger partial charge in [0.2, 0.25) is 0 Å². The first-order valence-corrected chi connectivity index (χ1v) is 13.8. The van der Waals surface area contributed by atoms with Crippen LogP contribution < -0.4 is 5.32 Å². The molecule has 0 unspecified atom stereocenters. The third-order valence-corrected chi connectivity index (χ3v) is 8.02. The zero-order valence-electron chi connectivity index (χ0n) is 20.4. The summed E-state index contributed by atoms with van der Waals surface area (Å²) < 4.78 is 0. The van der Waals surface area contributed by atoms with Crippen molar-refractivity contribution in [2.45, 2.75) is 32.2 Å². The SMILES string of the molecule is c1cc2[nH]c(-c3n[nH]c4ccc(-c5cncc(CNCC6CCCC6)c5)nc34)cc2c(-c2ccsc2)n1. The molecule has 7 rings (SSSR count). The van der Waals surface area contributed by atoms with E-state index in [9.17, 15) is 0 Å². The molecular formula is C29H27N7S. The van der Waals surface area contributed by atoms with Crippen LogP contribution in [-0.4, -0.2) is 36.7 Å². The van der Waals surface area contributed by atoms with Gasteiger partial charge in [-0.1, -0.05) is 12.8 Å². The summed E-state index contributed by atoms with van der Waals surface area (Å²) in [5.74, 6) is 0.821. The standard InChI is InChI=1S/C29H27N7S/c1-2-4-18(3-1)13-30-14-19-11-21(16-31-15-19)23-5-6-25-28(34-23)29(36-35-25)26-12-22-24(33-26)7-9-32-27(22)20-8-10-37-17-20/h5-12,15-18,30,33H,1-4,13-14H2,(H,35,36). The molecule has 1 fully saturated rings. The van der Waals surface area contributed by atoms with E-state index >= 15 is 0 Å². The molecule has 1 saturated carbocycles. The maximum Gasteiger partial charge on any atom is 0.135 e. The van der Waals surface area contributed by atoms with Crippen LogP contribution in [0.1, 0.15) is 31.2 Å². The number of aromatic amines is 2. The lowest BCUT2D eigenvalue weighted by Gasteiger charge is -2.11. The number of aromatic nitrogens is 6. The van der Waals surface area contributed by atoms with E-state index in [1.54, 1.807) is 11.3 Å². The fourth-order valence-corrected chi connectivity index (χ4v) is 6.06. The number of thiophene rings is 1. The van der Waals surface area contributed by atoms with Crippen LogP contribution in [0.5, 0.6) is 0 Å². The molecule has 0 aromatic carbocycles. The Bertz CT molecular complexity index is 1680. The number of H-pyrrole nitrogens is 2. The van der Waals surface area contributed by atoms with E-state index < -0.39 is 0 Å². The van der Waals surface area contributed by atoms with Crippen molar-refractivity contribution in [3.05, 3.63) is 71.3 Å². The molecule has 8 heteroatoms. The van der Waals surface area contributed by atoms with Crippen LogP contribution in [0.25, 0.3) is 55.8 Å². The molecule has 0 aliphatic heterocycles. The van der Waals surface area contributed by atoms with Crippen LogP contribution >= 0.6 is 11.3 Å². The molecule has 0 radical (unpaired) electrons. The van der Waals surface area contributed by atoms with E-state index in [4.69, 9.17) is 4.98 Å². The molecule has 0 amide bonds. The highest BCUT2D eigenvalue weighted by molar-refractivity contribution is 7.08. The molecule has 6 aromatic rings. The molecule has 6 aromatic heterocycles. The van der Waals surface area contributed by atoms with Gasteiger partial charge in [-0.3, -0.25) is 15.1 Å². The number of hydrogen-bond acceptors (Lipinski definition) is 6. The Kier molecular flexibility index (Phi) is 5.75. The lowest BCUT2D eigenvalue weighted by atomic mass is 10.1. The predicted octanol–water partition coefficient (Wildman–Crippen LogP) is 6.57. The highest BCUT2D eigenvalue weighted by Gasteiger charge is 2.17.